The van der Waals surface area contributed by atoms with Gasteiger partial charge in [0.2, 0.25) is 11.6 Å². The van der Waals surface area contributed by atoms with Crippen LogP contribution in [0, 0.1) is 6.92 Å². The van der Waals surface area contributed by atoms with E-state index in [9.17, 15) is 13.6 Å². The number of aromatic nitrogens is 5. The van der Waals surface area contributed by atoms with Gasteiger partial charge in [-0.2, -0.15) is 18.3 Å². The SMILES string of the molecule is Cc1cc(=O)n2nc(C(C)(F)F)nc2n1Cc1ccc(Cl)nc1. The molecule has 0 radical (unpaired) electrons. The smallest absolute Gasteiger partial charge is 0.305 e. The quantitative estimate of drug-likeness (QED) is 0.687. The number of pyridine rings is 1. The predicted molar refractivity (Wildman–Crippen MR) is 79.9 cm³/mol. The monoisotopic (exact) mass is 339 g/mol. The fraction of sp³-hybridized carbons (Fsp3) is 0.286. The number of nitrogens with zero attached hydrogens (tertiary/aromatic N) is 5. The van der Waals surface area contributed by atoms with Crippen LogP contribution in [0.4, 0.5) is 8.78 Å². The number of hydrogen-bond donors (Lipinski definition) is 0. The molecule has 0 N–H and O–H groups in total. The lowest BCUT2D eigenvalue weighted by molar-refractivity contribution is 0.00795. The number of rotatable bonds is 3. The van der Waals surface area contributed by atoms with Gasteiger partial charge in [0.15, 0.2) is 0 Å². The molecule has 0 aromatic carbocycles. The molecular formula is C14H12ClF2N5O. The summed E-state index contributed by atoms with van der Waals surface area (Å²) in [5.41, 5.74) is 0.859. The Labute approximate surface area is 134 Å². The minimum Gasteiger partial charge on any atom is -0.310 e. The molecule has 6 nitrogen and oxygen atoms in total. The Balaban J connectivity index is 2.17. The van der Waals surface area contributed by atoms with Crippen molar-refractivity contribution in [2.24, 2.45) is 0 Å². The van der Waals surface area contributed by atoms with E-state index in [1.54, 1.807) is 29.8 Å². The van der Waals surface area contributed by atoms with Crippen LogP contribution in [0.25, 0.3) is 5.78 Å². The minimum absolute atomic E-state index is 0.0569. The number of alkyl halides is 2. The van der Waals surface area contributed by atoms with Gasteiger partial charge in [0.05, 0.1) is 6.54 Å². The largest absolute Gasteiger partial charge is 0.310 e. The van der Waals surface area contributed by atoms with Crippen LogP contribution in [0.2, 0.25) is 5.15 Å². The highest BCUT2D eigenvalue weighted by Gasteiger charge is 2.31. The van der Waals surface area contributed by atoms with Crippen LogP contribution >= 0.6 is 11.6 Å². The van der Waals surface area contributed by atoms with E-state index < -0.39 is 17.3 Å². The van der Waals surface area contributed by atoms with Gasteiger partial charge in [-0.1, -0.05) is 17.7 Å². The van der Waals surface area contributed by atoms with Gasteiger partial charge in [-0.15, -0.1) is 5.10 Å². The number of hydrogen-bond acceptors (Lipinski definition) is 4. The zero-order valence-corrected chi connectivity index (χ0v) is 13.1. The summed E-state index contributed by atoms with van der Waals surface area (Å²) in [6.07, 6.45) is 1.57. The van der Waals surface area contributed by atoms with E-state index in [0.717, 1.165) is 10.1 Å². The third-order valence-electron chi connectivity index (χ3n) is 3.32. The summed E-state index contributed by atoms with van der Waals surface area (Å²) in [4.78, 5) is 19.8. The lowest BCUT2D eigenvalue weighted by Gasteiger charge is -2.11. The average molecular weight is 340 g/mol. The van der Waals surface area contributed by atoms with E-state index in [0.29, 0.717) is 24.3 Å². The number of halogens is 3. The molecule has 0 saturated heterocycles. The summed E-state index contributed by atoms with van der Waals surface area (Å²) in [6, 6.07) is 4.71. The molecule has 9 heteroatoms. The van der Waals surface area contributed by atoms with E-state index in [1.807, 2.05) is 0 Å². The summed E-state index contributed by atoms with van der Waals surface area (Å²) in [6.45, 7) is 2.68. The molecule has 3 heterocycles. The number of fused-ring (bicyclic) bond motifs is 1. The Bertz CT molecular complexity index is 927. The Morgan fingerprint density at radius 1 is 1.35 bits per heavy atom. The Hall–Kier alpha value is -2.35. The standard InChI is InChI=1S/C14H12ClF2N5O/c1-8-5-11(23)22-13(19-12(20-22)14(2,16)17)21(8)7-9-3-4-10(15)18-6-9/h3-6H,7H2,1-2H3. The highest BCUT2D eigenvalue weighted by Crippen LogP contribution is 2.24. The summed E-state index contributed by atoms with van der Waals surface area (Å²) in [5, 5.41) is 3.98. The molecule has 0 unspecified atom stereocenters. The lowest BCUT2D eigenvalue weighted by Crippen LogP contribution is -2.20. The maximum atomic E-state index is 13.5. The lowest BCUT2D eigenvalue weighted by atomic mass is 10.2. The van der Waals surface area contributed by atoms with E-state index in [-0.39, 0.29) is 5.78 Å². The molecule has 0 aliphatic carbocycles. The zero-order chi connectivity index (χ0) is 16.8. The molecule has 23 heavy (non-hydrogen) atoms. The van der Waals surface area contributed by atoms with Gasteiger partial charge in [0.1, 0.15) is 5.15 Å². The molecule has 3 aromatic heterocycles. The molecule has 0 amide bonds. The highest BCUT2D eigenvalue weighted by atomic mass is 35.5. The summed E-state index contributed by atoms with van der Waals surface area (Å²) in [7, 11) is 0. The Morgan fingerprint density at radius 3 is 2.70 bits per heavy atom. The Morgan fingerprint density at radius 2 is 2.09 bits per heavy atom. The van der Waals surface area contributed by atoms with Crippen LogP contribution in [0.3, 0.4) is 0 Å². The Kier molecular flexibility index (Phi) is 3.63. The summed E-state index contributed by atoms with van der Waals surface area (Å²) in [5.74, 6) is -3.86. The van der Waals surface area contributed by atoms with E-state index in [2.05, 4.69) is 15.1 Å². The highest BCUT2D eigenvalue weighted by molar-refractivity contribution is 6.29. The van der Waals surface area contributed by atoms with E-state index >= 15 is 0 Å². The average Bonchev–Trinajstić information content (AvgIpc) is 2.91. The second-order valence-electron chi connectivity index (χ2n) is 5.23. The van der Waals surface area contributed by atoms with Gasteiger partial charge in [0.25, 0.3) is 5.56 Å². The first-order valence-electron chi connectivity index (χ1n) is 6.71. The number of aryl methyl sites for hydroxylation is 1. The fourth-order valence-corrected chi connectivity index (χ4v) is 2.28. The third-order valence-corrected chi connectivity index (χ3v) is 3.54. The van der Waals surface area contributed by atoms with Gasteiger partial charge in [-0.05, 0) is 18.6 Å². The van der Waals surface area contributed by atoms with Gasteiger partial charge in [-0.25, -0.2) is 4.98 Å². The zero-order valence-electron chi connectivity index (χ0n) is 12.3. The predicted octanol–water partition coefficient (Wildman–Crippen LogP) is 2.41. The normalized spacial score (nSPS) is 12.0. The van der Waals surface area contributed by atoms with Crippen LogP contribution in [0.1, 0.15) is 24.0 Å². The summed E-state index contributed by atoms with van der Waals surface area (Å²) >= 11 is 5.75. The van der Waals surface area contributed by atoms with Crippen molar-refractivity contribution in [2.45, 2.75) is 26.3 Å². The molecule has 0 saturated carbocycles. The molecule has 0 bridgehead atoms. The topological polar surface area (TPSA) is 65.1 Å². The van der Waals surface area contributed by atoms with Crippen molar-refractivity contribution in [3.8, 4) is 0 Å². The molecule has 3 aromatic rings. The first-order chi connectivity index (χ1) is 10.8. The van der Waals surface area contributed by atoms with Crippen LogP contribution < -0.4 is 5.56 Å². The second-order valence-corrected chi connectivity index (χ2v) is 5.62. The first kappa shape index (κ1) is 15.5. The second kappa shape index (κ2) is 5.38. The molecule has 3 rings (SSSR count). The molecule has 0 fully saturated rings. The van der Waals surface area contributed by atoms with E-state index in [1.165, 1.54) is 6.07 Å². The van der Waals surface area contributed by atoms with Crippen LogP contribution in [-0.2, 0) is 12.5 Å². The maximum absolute atomic E-state index is 13.5. The minimum atomic E-state index is -3.23. The van der Waals surface area contributed by atoms with Crippen molar-refractivity contribution in [1.82, 2.24) is 24.1 Å². The molecular weight excluding hydrogens is 328 g/mol. The van der Waals surface area contributed by atoms with Crippen molar-refractivity contribution >= 4 is 17.4 Å². The van der Waals surface area contributed by atoms with Crippen molar-refractivity contribution in [2.75, 3.05) is 0 Å². The molecule has 120 valence electrons. The molecule has 0 aliphatic heterocycles. The van der Waals surface area contributed by atoms with Crippen LogP contribution in [0.5, 0.6) is 0 Å². The molecule has 0 atom stereocenters. The van der Waals surface area contributed by atoms with Crippen molar-refractivity contribution in [1.29, 1.82) is 0 Å². The summed E-state index contributed by atoms with van der Waals surface area (Å²) < 4.78 is 29.4. The van der Waals surface area contributed by atoms with Gasteiger partial charge < -0.3 is 4.57 Å². The molecule has 0 aliphatic rings. The van der Waals surface area contributed by atoms with Crippen LogP contribution in [-0.4, -0.2) is 24.1 Å². The maximum Gasteiger partial charge on any atom is 0.305 e. The first-order valence-corrected chi connectivity index (χ1v) is 7.09. The fourth-order valence-electron chi connectivity index (χ4n) is 2.17. The van der Waals surface area contributed by atoms with E-state index in [4.69, 9.17) is 11.6 Å². The van der Waals surface area contributed by atoms with Gasteiger partial charge in [-0.3, -0.25) is 4.79 Å². The van der Waals surface area contributed by atoms with Gasteiger partial charge >= 0.3 is 5.92 Å². The van der Waals surface area contributed by atoms with Crippen molar-refractivity contribution < 1.29 is 8.78 Å². The van der Waals surface area contributed by atoms with Crippen LogP contribution in [0.15, 0.2) is 29.2 Å². The van der Waals surface area contributed by atoms with Crippen molar-refractivity contribution in [3.05, 3.63) is 57.0 Å². The molecule has 0 spiro atoms. The van der Waals surface area contributed by atoms with Crippen molar-refractivity contribution in [3.63, 3.8) is 0 Å². The van der Waals surface area contributed by atoms with Gasteiger partial charge in [0, 0.05) is 24.9 Å². The third kappa shape index (κ3) is 2.94.